The molecule has 0 rings (SSSR count). The van der Waals surface area contributed by atoms with Gasteiger partial charge in [0.2, 0.25) is 0 Å². The Hall–Kier alpha value is -0.133. The third kappa shape index (κ3) is 2.43. The highest BCUT2D eigenvalue weighted by atomic mass is 32.2. The Morgan fingerprint density at radius 3 is 2.27 bits per heavy atom. The van der Waals surface area contributed by atoms with Crippen molar-refractivity contribution in [1.82, 2.24) is 0 Å². The smallest absolute Gasteiger partial charge is 0.267 e. The van der Waals surface area contributed by atoms with Crippen LogP contribution in [0, 0.1) is 0 Å². The largest absolute Gasteiger partial charge is 0.285 e. The van der Waals surface area contributed by atoms with Crippen molar-refractivity contribution in [2.24, 2.45) is 0 Å². The van der Waals surface area contributed by atoms with E-state index in [0.717, 1.165) is 0 Å². The second kappa shape index (κ2) is 3.51. The molecule has 1 unspecified atom stereocenters. The van der Waals surface area contributed by atoms with Crippen LogP contribution in [0.3, 0.4) is 0 Å². The van der Waals surface area contributed by atoms with Gasteiger partial charge in [-0.1, -0.05) is 13.0 Å². The summed E-state index contributed by atoms with van der Waals surface area (Å²) in [4.78, 5) is 0. The summed E-state index contributed by atoms with van der Waals surface area (Å²) in [6, 6.07) is 0. The van der Waals surface area contributed by atoms with Gasteiger partial charge in [-0.25, -0.2) is 0 Å². The van der Waals surface area contributed by atoms with Crippen LogP contribution < -0.4 is 0 Å². The number of rotatable bonds is 4. The van der Waals surface area contributed by atoms with Crippen molar-refractivity contribution in [3.05, 3.63) is 12.7 Å². The molecule has 0 aromatic rings. The van der Waals surface area contributed by atoms with E-state index in [2.05, 4.69) is 6.58 Å². The first-order chi connectivity index (χ1) is 4.87. The minimum atomic E-state index is -3.89. The molecule has 0 aliphatic carbocycles. The molecular formula is C6H14O3SSi. The van der Waals surface area contributed by atoms with E-state index >= 15 is 0 Å². The molecule has 0 saturated carbocycles. The maximum absolute atomic E-state index is 10.8. The number of allylic oxidation sites excluding steroid dienone is 1. The second-order valence-electron chi connectivity index (χ2n) is 2.77. The van der Waals surface area contributed by atoms with Crippen LogP contribution in [0.25, 0.3) is 0 Å². The lowest BCUT2D eigenvalue weighted by Gasteiger charge is -2.22. The van der Waals surface area contributed by atoms with Gasteiger partial charge in [0, 0.05) is 10.2 Å². The van der Waals surface area contributed by atoms with E-state index in [1.807, 2.05) is 0 Å². The van der Waals surface area contributed by atoms with E-state index in [0.29, 0.717) is 23.1 Å². The second-order valence-corrected chi connectivity index (χ2v) is 7.35. The minimum absolute atomic E-state index is 0.342. The van der Waals surface area contributed by atoms with Crippen LogP contribution in [-0.2, 0) is 10.1 Å². The number of hydrogen-bond acceptors (Lipinski definition) is 2. The van der Waals surface area contributed by atoms with E-state index in [1.165, 1.54) is 6.08 Å². The SMILES string of the molecule is C=CCC([SiH3])(CC)S(=O)(=O)O. The molecule has 0 aliphatic rings. The van der Waals surface area contributed by atoms with E-state index < -0.39 is 14.5 Å². The summed E-state index contributed by atoms with van der Waals surface area (Å²) in [6.07, 6.45) is 2.32. The molecule has 0 aromatic carbocycles. The van der Waals surface area contributed by atoms with Gasteiger partial charge in [0.15, 0.2) is 0 Å². The summed E-state index contributed by atoms with van der Waals surface area (Å²) >= 11 is 0. The Bertz CT molecular complexity index is 234. The highest BCUT2D eigenvalue weighted by molar-refractivity contribution is 7.88. The fourth-order valence-corrected chi connectivity index (χ4v) is 1.72. The topological polar surface area (TPSA) is 54.4 Å². The molecule has 0 saturated heterocycles. The molecule has 0 fully saturated rings. The molecule has 1 N–H and O–H groups in total. The Balaban J connectivity index is 4.75. The molecule has 0 bridgehead atoms. The first-order valence-corrected chi connectivity index (χ1v) is 5.89. The average molecular weight is 194 g/mol. The predicted molar refractivity (Wildman–Crippen MR) is 49.3 cm³/mol. The molecule has 0 aromatic heterocycles. The first kappa shape index (κ1) is 10.9. The van der Waals surface area contributed by atoms with Crippen molar-refractivity contribution in [3.63, 3.8) is 0 Å². The Kier molecular flexibility index (Phi) is 3.47. The third-order valence-electron chi connectivity index (χ3n) is 1.95. The molecule has 3 nitrogen and oxygen atoms in total. The van der Waals surface area contributed by atoms with Gasteiger partial charge in [0.05, 0.1) is 4.37 Å². The van der Waals surface area contributed by atoms with Gasteiger partial charge in [-0.05, 0) is 12.8 Å². The molecule has 5 heteroatoms. The van der Waals surface area contributed by atoms with Crippen LogP contribution in [0.15, 0.2) is 12.7 Å². The van der Waals surface area contributed by atoms with Gasteiger partial charge < -0.3 is 0 Å². The normalized spacial score (nSPS) is 17.6. The first-order valence-electron chi connectivity index (χ1n) is 3.45. The van der Waals surface area contributed by atoms with Crippen molar-refractivity contribution < 1.29 is 13.0 Å². The lowest BCUT2D eigenvalue weighted by molar-refractivity contribution is 0.454. The Labute approximate surface area is 70.7 Å². The van der Waals surface area contributed by atoms with Crippen LogP contribution in [-0.4, -0.2) is 27.6 Å². The Morgan fingerprint density at radius 1 is 1.73 bits per heavy atom. The fraction of sp³-hybridized carbons (Fsp3) is 0.667. The van der Waals surface area contributed by atoms with Gasteiger partial charge in [0.25, 0.3) is 10.1 Å². The molecule has 11 heavy (non-hydrogen) atoms. The summed E-state index contributed by atoms with van der Waals surface area (Å²) in [5, 5.41) is 0. The van der Waals surface area contributed by atoms with Crippen LogP contribution in [0.2, 0.25) is 0 Å². The maximum Gasteiger partial charge on any atom is 0.267 e. The molecular weight excluding hydrogens is 180 g/mol. The standard InChI is InChI=1S/C6H14O3SSi/c1-3-5-6(11,4-2)10(7,8)9/h3H,1,4-5H2,2,11H3,(H,7,8,9). The third-order valence-corrected chi connectivity index (χ3v) is 6.31. The monoisotopic (exact) mass is 194 g/mol. The van der Waals surface area contributed by atoms with Crippen LogP contribution >= 0.6 is 0 Å². The molecule has 0 heterocycles. The van der Waals surface area contributed by atoms with Gasteiger partial charge in [-0.15, -0.1) is 6.58 Å². The summed E-state index contributed by atoms with van der Waals surface area (Å²) in [5.41, 5.74) is 0. The van der Waals surface area contributed by atoms with Gasteiger partial charge in [0.1, 0.15) is 0 Å². The van der Waals surface area contributed by atoms with Crippen molar-refractivity contribution >= 4 is 20.4 Å². The lowest BCUT2D eigenvalue weighted by atomic mass is 10.2. The van der Waals surface area contributed by atoms with Crippen molar-refractivity contribution in [2.75, 3.05) is 0 Å². The summed E-state index contributed by atoms with van der Waals surface area (Å²) in [7, 11) is -3.46. The minimum Gasteiger partial charge on any atom is -0.285 e. The highest BCUT2D eigenvalue weighted by Crippen LogP contribution is 2.20. The van der Waals surface area contributed by atoms with Crippen molar-refractivity contribution in [1.29, 1.82) is 0 Å². The van der Waals surface area contributed by atoms with E-state index in [9.17, 15) is 8.42 Å². The fourth-order valence-electron chi connectivity index (χ4n) is 0.737. The van der Waals surface area contributed by atoms with Crippen molar-refractivity contribution in [2.45, 2.75) is 24.1 Å². The lowest BCUT2D eigenvalue weighted by Crippen LogP contribution is -2.37. The molecule has 66 valence electrons. The predicted octanol–water partition coefficient (Wildman–Crippen LogP) is -0.0780. The van der Waals surface area contributed by atoms with Crippen LogP contribution in [0.4, 0.5) is 0 Å². The van der Waals surface area contributed by atoms with Crippen LogP contribution in [0.1, 0.15) is 19.8 Å². The zero-order valence-corrected chi connectivity index (χ0v) is 9.69. The molecule has 0 spiro atoms. The van der Waals surface area contributed by atoms with Crippen molar-refractivity contribution in [3.8, 4) is 0 Å². The molecule has 0 amide bonds. The number of hydrogen-bond donors (Lipinski definition) is 1. The average Bonchev–Trinajstić information content (AvgIpc) is 1.86. The zero-order valence-electron chi connectivity index (χ0n) is 6.87. The Morgan fingerprint density at radius 2 is 2.18 bits per heavy atom. The van der Waals surface area contributed by atoms with E-state index in [-0.39, 0.29) is 0 Å². The van der Waals surface area contributed by atoms with Crippen LogP contribution in [0.5, 0.6) is 0 Å². The highest BCUT2D eigenvalue weighted by Gasteiger charge is 2.34. The zero-order chi connectivity index (χ0) is 9.12. The summed E-state index contributed by atoms with van der Waals surface area (Å²) in [5.74, 6) is 0. The quantitative estimate of drug-likeness (QED) is 0.387. The molecule has 1 atom stereocenters. The summed E-state index contributed by atoms with van der Waals surface area (Å²) < 4.78 is 29.5. The van der Waals surface area contributed by atoms with Gasteiger partial charge in [-0.3, -0.25) is 4.55 Å². The maximum atomic E-state index is 10.8. The molecule has 0 radical (unpaired) electrons. The molecule has 0 aliphatic heterocycles. The van der Waals surface area contributed by atoms with Gasteiger partial charge in [-0.2, -0.15) is 8.42 Å². The van der Waals surface area contributed by atoms with E-state index in [4.69, 9.17) is 4.55 Å². The summed E-state index contributed by atoms with van der Waals surface area (Å²) in [6.45, 7) is 5.21. The van der Waals surface area contributed by atoms with Gasteiger partial charge >= 0.3 is 0 Å². The van der Waals surface area contributed by atoms with E-state index in [1.54, 1.807) is 6.92 Å².